The van der Waals surface area contributed by atoms with E-state index in [-0.39, 0.29) is 17.4 Å². The van der Waals surface area contributed by atoms with Gasteiger partial charge in [0.15, 0.2) is 0 Å². The summed E-state index contributed by atoms with van der Waals surface area (Å²) < 4.78 is 28.3. The molecule has 0 spiro atoms. The molecule has 1 aromatic carbocycles. The van der Waals surface area contributed by atoms with Gasteiger partial charge in [0.2, 0.25) is 0 Å². The molecule has 0 fully saturated rings. The fraction of sp³-hybridized carbons (Fsp3) is 0.600. The Balaban J connectivity index is 3.15. The van der Waals surface area contributed by atoms with Gasteiger partial charge in [-0.3, -0.25) is 0 Å². The van der Waals surface area contributed by atoms with Crippen LogP contribution in [0.4, 0.5) is 8.78 Å². The molecule has 102 valence electrons. The smallest absolute Gasteiger partial charge is 0.274 e. The molecule has 3 heteroatoms. The van der Waals surface area contributed by atoms with E-state index in [1.807, 2.05) is 26.8 Å². The second-order valence-electron chi connectivity index (χ2n) is 5.84. The van der Waals surface area contributed by atoms with Crippen molar-refractivity contribution in [1.82, 2.24) is 5.32 Å². The summed E-state index contributed by atoms with van der Waals surface area (Å²) in [5.41, 5.74) is 1.66. The molecule has 0 aliphatic rings. The van der Waals surface area contributed by atoms with Gasteiger partial charge in [-0.05, 0) is 36.6 Å². The van der Waals surface area contributed by atoms with Crippen LogP contribution in [0.2, 0.25) is 0 Å². The minimum atomic E-state index is -2.77. The molecular weight excluding hydrogens is 232 g/mol. The summed E-state index contributed by atoms with van der Waals surface area (Å²) >= 11 is 0. The van der Waals surface area contributed by atoms with Gasteiger partial charge >= 0.3 is 0 Å². The number of rotatable bonds is 4. The highest BCUT2D eigenvalue weighted by Gasteiger charge is 2.33. The second kappa shape index (κ2) is 5.35. The van der Waals surface area contributed by atoms with Crippen molar-refractivity contribution in [3.05, 3.63) is 34.9 Å². The molecule has 0 aromatic heterocycles. The van der Waals surface area contributed by atoms with Crippen molar-refractivity contribution in [2.45, 2.75) is 45.5 Å². The number of benzene rings is 1. The zero-order chi connectivity index (χ0) is 14.0. The van der Waals surface area contributed by atoms with E-state index in [4.69, 9.17) is 0 Å². The first kappa shape index (κ1) is 15.1. The van der Waals surface area contributed by atoms with Crippen molar-refractivity contribution >= 4 is 0 Å². The van der Waals surface area contributed by atoms with E-state index >= 15 is 0 Å². The SMILES string of the molecule is CNCCC(F)(F)c1cc(C(C)(C)C)ccc1C. The molecule has 1 nitrogen and oxygen atoms in total. The fourth-order valence-corrected chi connectivity index (χ4v) is 1.90. The summed E-state index contributed by atoms with van der Waals surface area (Å²) in [6.45, 7) is 8.16. The summed E-state index contributed by atoms with van der Waals surface area (Å²) in [5, 5.41) is 2.78. The minimum absolute atomic E-state index is 0.110. The zero-order valence-electron chi connectivity index (χ0n) is 11.9. The molecule has 0 amide bonds. The first-order valence-electron chi connectivity index (χ1n) is 6.32. The lowest BCUT2D eigenvalue weighted by Gasteiger charge is -2.24. The summed E-state index contributed by atoms with van der Waals surface area (Å²) in [6, 6.07) is 5.39. The number of aryl methyl sites for hydroxylation is 1. The van der Waals surface area contributed by atoms with Crippen LogP contribution in [0.25, 0.3) is 0 Å². The molecule has 1 N–H and O–H groups in total. The van der Waals surface area contributed by atoms with Gasteiger partial charge in [0, 0.05) is 18.5 Å². The molecule has 18 heavy (non-hydrogen) atoms. The first-order chi connectivity index (χ1) is 8.18. The lowest BCUT2D eigenvalue weighted by molar-refractivity contribution is -0.0130. The van der Waals surface area contributed by atoms with Crippen molar-refractivity contribution in [1.29, 1.82) is 0 Å². The van der Waals surface area contributed by atoms with E-state index < -0.39 is 5.92 Å². The molecule has 1 rings (SSSR count). The van der Waals surface area contributed by atoms with Gasteiger partial charge < -0.3 is 5.32 Å². The third-order valence-electron chi connectivity index (χ3n) is 3.19. The maximum absolute atomic E-state index is 14.1. The minimum Gasteiger partial charge on any atom is -0.320 e. The van der Waals surface area contributed by atoms with E-state index in [0.717, 1.165) is 5.56 Å². The number of halogens is 2. The molecule has 0 saturated heterocycles. The maximum atomic E-state index is 14.1. The summed E-state index contributed by atoms with van der Waals surface area (Å²) in [4.78, 5) is 0. The van der Waals surface area contributed by atoms with Crippen LogP contribution in [-0.2, 0) is 11.3 Å². The van der Waals surface area contributed by atoms with Gasteiger partial charge in [0.05, 0.1) is 0 Å². The molecule has 0 unspecified atom stereocenters. The summed E-state index contributed by atoms with van der Waals surface area (Å²) in [5.74, 6) is -2.77. The highest BCUT2D eigenvalue weighted by molar-refractivity contribution is 5.37. The van der Waals surface area contributed by atoms with Crippen LogP contribution in [-0.4, -0.2) is 13.6 Å². The van der Waals surface area contributed by atoms with Crippen molar-refractivity contribution in [3.8, 4) is 0 Å². The predicted molar refractivity (Wildman–Crippen MR) is 72.3 cm³/mol. The maximum Gasteiger partial charge on any atom is 0.274 e. The molecular formula is C15H23F2N. The van der Waals surface area contributed by atoms with Crippen LogP contribution >= 0.6 is 0 Å². The number of alkyl halides is 2. The third-order valence-corrected chi connectivity index (χ3v) is 3.19. The normalized spacial score (nSPS) is 12.8. The fourth-order valence-electron chi connectivity index (χ4n) is 1.90. The molecule has 0 aliphatic heterocycles. The molecule has 0 heterocycles. The van der Waals surface area contributed by atoms with E-state index in [2.05, 4.69) is 5.32 Å². The molecule has 1 aromatic rings. The Hall–Kier alpha value is -0.960. The molecule has 0 radical (unpaired) electrons. The van der Waals surface area contributed by atoms with Gasteiger partial charge in [0.25, 0.3) is 5.92 Å². The average molecular weight is 255 g/mol. The number of nitrogens with one attached hydrogen (secondary N) is 1. The van der Waals surface area contributed by atoms with Crippen molar-refractivity contribution in [2.75, 3.05) is 13.6 Å². The van der Waals surface area contributed by atoms with E-state index in [9.17, 15) is 8.78 Å². The van der Waals surface area contributed by atoms with Crippen LogP contribution < -0.4 is 5.32 Å². The number of hydrogen-bond acceptors (Lipinski definition) is 1. The summed E-state index contributed by atoms with van der Waals surface area (Å²) in [6.07, 6.45) is -0.169. The van der Waals surface area contributed by atoms with Crippen molar-refractivity contribution in [2.24, 2.45) is 0 Å². The quantitative estimate of drug-likeness (QED) is 0.857. The Kier molecular flexibility index (Phi) is 4.49. The molecule has 0 aliphatic carbocycles. The Morgan fingerprint density at radius 3 is 2.28 bits per heavy atom. The Morgan fingerprint density at radius 2 is 1.78 bits per heavy atom. The standard InChI is InChI=1S/C15H23F2N/c1-11-6-7-12(14(2,3)4)10-13(11)15(16,17)8-9-18-5/h6-7,10,18H,8-9H2,1-5H3. The summed E-state index contributed by atoms with van der Waals surface area (Å²) in [7, 11) is 1.69. The molecule has 0 saturated carbocycles. The lowest BCUT2D eigenvalue weighted by atomic mass is 9.84. The largest absolute Gasteiger partial charge is 0.320 e. The van der Waals surface area contributed by atoms with E-state index in [0.29, 0.717) is 12.1 Å². The average Bonchev–Trinajstić information content (AvgIpc) is 2.25. The Labute approximate surface area is 109 Å². The molecule has 0 atom stereocenters. The topological polar surface area (TPSA) is 12.0 Å². The van der Waals surface area contributed by atoms with Gasteiger partial charge in [-0.25, -0.2) is 8.78 Å². The molecule has 0 bridgehead atoms. The van der Waals surface area contributed by atoms with Crippen LogP contribution in [0.5, 0.6) is 0 Å². The second-order valence-corrected chi connectivity index (χ2v) is 5.84. The highest BCUT2D eigenvalue weighted by atomic mass is 19.3. The van der Waals surface area contributed by atoms with Gasteiger partial charge in [-0.15, -0.1) is 0 Å². The van der Waals surface area contributed by atoms with E-state index in [1.54, 1.807) is 26.1 Å². The lowest BCUT2D eigenvalue weighted by Crippen LogP contribution is -2.23. The number of hydrogen-bond donors (Lipinski definition) is 1. The Morgan fingerprint density at radius 1 is 1.17 bits per heavy atom. The van der Waals surface area contributed by atoms with Crippen LogP contribution in [0.15, 0.2) is 18.2 Å². The zero-order valence-corrected chi connectivity index (χ0v) is 11.9. The van der Waals surface area contributed by atoms with Crippen LogP contribution in [0.3, 0.4) is 0 Å². The van der Waals surface area contributed by atoms with Gasteiger partial charge in [-0.1, -0.05) is 32.9 Å². The van der Waals surface area contributed by atoms with Crippen molar-refractivity contribution < 1.29 is 8.78 Å². The van der Waals surface area contributed by atoms with Crippen molar-refractivity contribution in [3.63, 3.8) is 0 Å². The van der Waals surface area contributed by atoms with E-state index in [1.165, 1.54) is 0 Å². The highest BCUT2D eigenvalue weighted by Crippen LogP contribution is 2.36. The third kappa shape index (κ3) is 3.52. The first-order valence-corrected chi connectivity index (χ1v) is 6.32. The van der Waals surface area contributed by atoms with Crippen LogP contribution in [0.1, 0.15) is 43.9 Å². The predicted octanol–water partition coefficient (Wildman–Crippen LogP) is 3.99. The van der Waals surface area contributed by atoms with Gasteiger partial charge in [0.1, 0.15) is 0 Å². The van der Waals surface area contributed by atoms with Gasteiger partial charge in [-0.2, -0.15) is 0 Å². The Bertz CT molecular complexity index is 405. The monoisotopic (exact) mass is 255 g/mol. The van der Waals surface area contributed by atoms with Crippen LogP contribution in [0, 0.1) is 6.92 Å².